The van der Waals surface area contributed by atoms with Gasteiger partial charge in [-0.1, -0.05) is 18.2 Å². The third-order valence-corrected chi connectivity index (χ3v) is 5.02. The highest BCUT2D eigenvalue weighted by Gasteiger charge is 2.28. The number of imidazole rings is 1. The molecule has 3 rings (SSSR count). The molecule has 0 spiro atoms. The number of hydrogen-bond donors (Lipinski definition) is 1. The second-order valence-electron chi connectivity index (χ2n) is 4.95. The molecular formula is C15H19N3S. The number of aromatic nitrogens is 2. The van der Waals surface area contributed by atoms with Crippen molar-refractivity contribution in [2.45, 2.75) is 36.7 Å². The number of nitrogens with zero attached hydrogens (tertiary/aromatic N) is 2. The molecule has 1 aliphatic heterocycles. The number of hydrogen-bond acceptors (Lipinski definition) is 3. The van der Waals surface area contributed by atoms with Crippen molar-refractivity contribution < 1.29 is 0 Å². The van der Waals surface area contributed by atoms with E-state index in [9.17, 15) is 0 Å². The fourth-order valence-corrected chi connectivity index (χ4v) is 4.06. The van der Waals surface area contributed by atoms with Gasteiger partial charge in [0.25, 0.3) is 0 Å². The van der Waals surface area contributed by atoms with Crippen LogP contribution in [0.5, 0.6) is 0 Å². The number of thioether (sulfide) groups is 1. The van der Waals surface area contributed by atoms with Crippen molar-refractivity contribution in [2.75, 3.05) is 5.75 Å². The van der Waals surface area contributed by atoms with E-state index in [1.165, 1.54) is 10.5 Å². The Morgan fingerprint density at radius 3 is 3.16 bits per heavy atom. The predicted octanol–water partition coefficient (Wildman–Crippen LogP) is 2.66. The van der Waals surface area contributed by atoms with Crippen LogP contribution in [0.4, 0.5) is 0 Å². The summed E-state index contributed by atoms with van der Waals surface area (Å²) in [6, 6.07) is 8.76. The van der Waals surface area contributed by atoms with Crippen molar-refractivity contribution in [3.05, 3.63) is 48.0 Å². The van der Waals surface area contributed by atoms with Crippen LogP contribution >= 0.6 is 11.8 Å². The molecule has 19 heavy (non-hydrogen) atoms. The summed E-state index contributed by atoms with van der Waals surface area (Å²) in [6.07, 6.45) is 4.74. The fraction of sp³-hybridized carbons (Fsp3) is 0.400. The lowest BCUT2D eigenvalue weighted by Crippen LogP contribution is -2.32. The summed E-state index contributed by atoms with van der Waals surface area (Å²) in [4.78, 5) is 5.82. The van der Waals surface area contributed by atoms with Crippen molar-refractivity contribution in [1.82, 2.24) is 9.55 Å². The summed E-state index contributed by atoms with van der Waals surface area (Å²) in [6.45, 7) is 3.09. The van der Waals surface area contributed by atoms with Gasteiger partial charge in [0, 0.05) is 48.0 Å². The largest absolute Gasteiger partial charge is 0.335 e. The quantitative estimate of drug-likeness (QED) is 0.931. The highest BCUT2D eigenvalue weighted by molar-refractivity contribution is 7.99. The zero-order chi connectivity index (χ0) is 13.2. The summed E-state index contributed by atoms with van der Waals surface area (Å²) in [5.74, 6) is 2.64. The summed E-state index contributed by atoms with van der Waals surface area (Å²) in [5.41, 5.74) is 7.85. The van der Waals surface area contributed by atoms with E-state index in [4.69, 9.17) is 5.73 Å². The second-order valence-corrected chi connectivity index (χ2v) is 6.01. The van der Waals surface area contributed by atoms with E-state index in [1.54, 1.807) is 0 Å². The van der Waals surface area contributed by atoms with E-state index < -0.39 is 0 Å². The minimum atomic E-state index is 0.142. The van der Waals surface area contributed by atoms with Crippen LogP contribution in [0.2, 0.25) is 0 Å². The van der Waals surface area contributed by atoms with E-state index >= 15 is 0 Å². The molecule has 1 aromatic heterocycles. The summed E-state index contributed by atoms with van der Waals surface area (Å²) >= 11 is 1.92. The first kappa shape index (κ1) is 12.8. The summed E-state index contributed by atoms with van der Waals surface area (Å²) < 4.78 is 2.17. The number of rotatable bonds is 4. The third kappa shape index (κ3) is 2.42. The lowest BCUT2D eigenvalue weighted by Gasteiger charge is -2.19. The Morgan fingerprint density at radius 1 is 1.47 bits per heavy atom. The molecule has 1 aliphatic rings. The van der Waals surface area contributed by atoms with Gasteiger partial charge < -0.3 is 10.3 Å². The molecule has 2 atom stereocenters. The Balaban J connectivity index is 1.77. The van der Waals surface area contributed by atoms with E-state index in [0.29, 0.717) is 5.92 Å². The lowest BCUT2D eigenvalue weighted by molar-refractivity contribution is 0.540. The van der Waals surface area contributed by atoms with Crippen LogP contribution in [0.25, 0.3) is 0 Å². The number of aryl methyl sites for hydroxylation is 1. The van der Waals surface area contributed by atoms with E-state index in [1.807, 2.05) is 24.2 Å². The molecule has 0 aliphatic carbocycles. The Bertz CT molecular complexity index is 564. The maximum Gasteiger partial charge on any atom is 0.110 e. The first-order valence-electron chi connectivity index (χ1n) is 6.77. The molecule has 0 bridgehead atoms. The Labute approximate surface area is 118 Å². The van der Waals surface area contributed by atoms with Crippen LogP contribution in [0.15, 0.2) is 41.6 Å². The maximum absolute atomic E-state index is 6.44. The van der Waals surface area contributed by atoms with Crippen LogP contribution in [-0.4, -0.2) is 21.3 Å². The SMILES string of the molecule is CCn1ccnc1CC(N)C1CSc2ccccc21. The molecule has 2 unspecified atom stereocenters. The van der Waals surface area contributed by atoms with Gasteiger partial charge in [0.05, 0.1) is 0 Å². The average molecular weight is 273 g/mol. The Morgan fingerprint density at radius 2 is 2.32 bits per heavy atom. The Hall–Kier alpha value is -1.26. The molecule has 4 heteroatoms. The van der Waals surface area contributed by atoms with Crippen LogP contribution in [0.3, 0.4) is 0 Å². The molecule has 0 radical (unpaired) electrons. The molecule has 100 valence electrons. The molecule has 2 N–H and O–H groups in total. The number of fused-ring (bicyclic) bond motifs is 1. The lowest BCUT2D eigenvalue weighted by atomic mass is 9.92. The molecule has 0 amide bonds. The molecule has 0 saturated carbocycles. The molecule has 3 nitrogen and oxygen atoms in total. The van der Waals surface area contributed by atoms with Gasteiger partial charge in [-0.25, -0.2) is 4.98 Å². The van der Waals surface area contributed by atoms with Crippen LogP contribution in [-0.2, 0) is 13.0 Å². The zero-order valence-electron chi connectivity index (χ0n) is 11.1. The smallest absolute Gasteiger partial charge is 0.110 e. The molecule has 2 heterocycles. The van der Waals surface area contributed by atoms with Crippen LogP contribution < -0.4 is 5.73 Å². The maximum atomic E-state index is 6.44. The molecular weight excluding hydrogens is 254 g/mol. The highest BCUT2D eigenvalue weighted by Crippen LogP contribution is 2.40. The summed E-state index contributed by atoms with van der Waals surface area (Å²) in [7, 11) is 0. The van der Waals surface area contributed by atoms with E-state index in [-0.39, 0.29) is 6.04 Å². The van der Waals surface area contributed by atoms with Crippen molar-refractivity contribution in [2.24, 2.45) is 5.73 Å². The van der Waals surface area contributed by atoms with Crippen molar-refractivity contribution >= 4 is 11.8 Å². The predicted molar refractivity (Wildman–Crippen MR) is 79.5 cm³/mol. The van der Waals surface area contributed by atoms with Gasteiger partial charge in [0.2, 0.25) is 0 Å². The summed E-state index contributed by atoms with van der Waals surface area (Å²) in [5, 5.41) is 0. The third-order valence-electron chi connectivity index (χ3n) is 3.81. The standard InChI is InChI=1S/C15H19N3S/c1-2-18-8-7-17-15(18)9-13(16)12-10-19-14-6-4-3-5-11(12)14/h3-8,12-13H,2,9-10,16H2,1H3. The first-order valence-corrected chi connectivity index (χ1v) is 7.75. The van der Waals surface area contributed by atoms with Crippen molar-refractivity contribution in [1.29, 1.82) is 0 Å². The van der Waals surface area contributed by atoms with Gasteiger partial charge in [-0.2, -0.15) is 0 Å². The van der Waals surface area contributed by atoms with E-state index in [2.05, 4.69) is 40.7 Å². The zero-order valence-corrected chi connectivity index (χ0v) is 11.9. The first-order chi connectivity index (χ1) is 9.29. The average Bonchev–Trinajstić information content (AvgIpc) is 3.04. The van der Waals surface area contributed by atoms with Crippen molar-refractivity contribution in [3.63, 3.8) is 0 Å². The molecule has 0 fully saturated rings. The minimum absolute atomic E-state index is 0.142. The van der Waals surface area contributed by atoms with Gasteiger partial charge in [-0.15, -0.1) is 11.8 Å². The second kappa shape index (κ2) is 5.39. The topological polar surface area (TPSA) is 43.8 Å². The fourth-order valence-electron chi connectivity index (χ4n) is 2.71. The monoisotopic (exact) mass is 273 g/mol. The van der Waals surface area contributed by atoms with Gasteiger partial charge >= 0.3 is 0 Å². The number of benzene rings is 1. The molecule has 1 aromatic carbocycles. The highest BCUT2D eigenvalue weighted by atomic mass is 32.2. The molecule has 2 aromatic rings. The molecule has 0 saturated heterocycles. The van der Waals surface area contributed by atoms with Crippen molar-refractivity contribution in [3.8, 4) is 0 Å². The van der Waals surface area contributed by atoms with Crippen LogP contribution in [0, 0.1) is 0 Å². The van der Waals surface area contributed by atoms with E-state index in [0.717, 1.165) is 24.5 Å². The minimum Gasteiger partial charge on any atom is -0.335 e. The van der Waals surface area contributed by atoms with Crippen LogP contribution in [0.1, 0.15) is 24.2 Å². The van der Waals surface area contributed by atoms with Gasteiger partial charge in [0.15, 0.2) is 0 Å². The van der Waals surface area contributed by atoms with Gasteiger partial charge in [0.1, 0.15) is 5.82 Å². The van der Waals surface area contributed by atoms with Gasteiger partial charge in [-0.05, 0) is 18.6 Å². The Kier molecular flexibility index (Phi) is 3.62. The normalized spacial score (nSPS) is 19.4. The van der Waals surface area contributed by atoms with Gasteiger partial charge in [-0.3, -0.25) is 0 Å². The number of nitrogens with two attached hydrogens (primary N) is 1.